The summed E-state index contributed by atoms with van der Waals surface area (Å²) in [6.07, 6.45) is 7.34. The second kappa shape index (κ2) is 11.6. The second-order valence-electron chi connectivity index (χ2n) is 11.6. The van der Waals surface area contributed by atoms with Crippen molar-refractivity contribution >= 4 is 48.2 Å². The molecule has 0 nitrogen and oxygen atoms in total. The van der Waals surface area contributed by atoms with Gasteiger partial charge in [-0.25, -0.2) is 0 Å². The fourth-order valence-corrected chi connectivity index (χ4v) is 49.2. The average molecular weight is 751 g/mol. The van der Waals surface area contributed by atoms with E-state index in [9.17, 15) is 0 Å². The van der Waals surface area contributed by atoms with Crippen LogP contribution in [0.1, 0.15) is 63.8 Å². The summed E-state index contributed by atoms with van der Waals surface area (Å²) in [6.45, 7) is 14.3. The molecule has 0 bridgehead atoms. The van der Waals surface area contributed by atoms with E-state index in [0.29, 0.717) is 11.8 Å². The molecule has 0 aliphatic heterocycles. The van der Waals surface area contributed by atoms with Crippen molar-refractivity contribution in [2.45, 2.75) is 63.7 Å². The van der Waals surface area contributed by atoms with Gasteiger partial charge in [-0.1, -0.05) is 0 Å². The summed E-state index contributed by atoms with van der Waals surface area (Å²) in [4.78, 5) is 0. The normalized spacial score (nSPS) is 20.1. The molecule has 2 aliphatic rings. The zero-order valence-electron chi connectivity index (χ0n) is 23.4. The predicted molar refractivity (Wildman–Crippen MR) is 166 cm³/mol. The minimum absolute atomic E-state index is 0. The van der Waals surface area contributed by atoms with Crippen LogP contribution in [0.2, 0.25) is 9.36 Å². The molecule has 0 radical (unpaired) electrons. The Morgan fingerprint density at radius 3 is 1.39 bits per heavy atom. The third-order valence-electron chi connectivity index (χ3n) is 8.38. The van der Waals surface area contributed by atoms with Gasteiger partial charge in [-0.2, -0.15) is 0 Å². The van der Waals surface area contributed by atoms with Crippen LogP contribution in [-0.4, -0.2) is 12.2 Å². The Labute approximate surface area is 238 Å². The van der Waals surface area contributed by atoms with E-state index in [2.05, 4.69) is 112 Å². The summed E-state index contributed by atoms with van der Waals surface area (Å²) in [5.74, 6) is 1.08. The molecule has 0 spiro atoms. The van der Waals surface area contributed by atoms with Gasteiger partial charge in [-0.05, 0) is 0 Å². The molecule has 2 unspecified atom stereocenters. The fourth-order valence-electron chi connectivity index (χ4n) is 7.24. The summed E-state index contributed by atoms with van der Waals surface area (Å²) in [6, 6.07) is 18.4. The molecule has 0 saturated carbocycles. The molecule has 4 heteroatoms. The molecule has 2 aromatic rings. The minimum atomic E-state index is -3.47. The molecule has 194 valence electrons. The first-order valence-electron chi connectivity index (χ1n) is 13.1. The first-order valence-corrected chi connectivity index (χ1v) is 38.6. The van der Waals surface area contributed by atoms with Crippen LogP contribution in [0, 0.1) is 11.8 Å². The van der Waals surface area contributed by atoms with Gasteiger partial charge < -0.3 is 0 Å². The quantitative estimate of drug-likeness (QED) is 0.259. The molecular weight excluding hydrogens is 706 g/mol. The molecule has 2 aliphatic carbocycles. The van der Waals surface area contributed by atoms with Gasteiger partial charge in [0.25, 0.3) is 0 Å². The molecule has 2 atom stereocenters. The van der Waals surface area contributed by atoms with Crippen LogP contribution in [0.4, 0.5) is 0 Å². The van der Waals surface area contributed by atoms with Crippen LogP contribution in [0.15, 0.2) is 78.5 Å². The predicted octanol–water partition coefficient (Wildman–Crippen LogP) is 9.30. The average Bonchev–Trinajstić information content (AvgIpc) is 3.29. The topological polar surface area (TPSA) is 0 Å². The second-order valence-corrected chi connectivity index (χ2v) is 71.2. The summed E-state index contributed by atoms with van der Waals surface area (Å²) >= 11 is -2.04. The van der Waals surface area contributed by atoms with Gasteiger partial charge in [0.15, 0.2) is 0 Å². The molecular formula is C32H44Cl2GeHf. The van der Waals surface area contributed by atoms with Gasteiger partial charge in [0.2, 0.25) is 0 Å². The molecule has 0 heterocycles. The molecule has 0 fully saturated rings. The molecule has 2 aromatic carbocycles. The van der Waals surface area contributed by atoms with E-state index < -0.39 is 15.4 Å². The maximum atomic E-state index is 2.75. The monoisotopic (exact) mass is 752 g/mol. The summed E-state index contributed by atoms with van der Waals surface area (Å²) in [7, 11) is 0. The van der Waals surface area contributed by atoms with E-state index in [1.165, 1.54) is 45.6 Å². The number of allylic oxidation sites excluding steroid dienone is 8. The van der Waals surface area contributed by atoms with Crippen molar-refractivity contribution in [1.82, 2.24) is 0 Å². The number of hydrogen-bond acceptors (Lipinski definition) is 0. The van der Waals surface area contributed by atoms with Gasteiger partial charge in [0, 0.05) is 0 Å². The molecule has 36 heavy (non-hydrogen) atoms. The number of aryl methyl sites for hydroxylation is 2. The zero-order valence-corrected chi connectivity index (χ0v) is 31.6. The number of rotatable bonds is 6. The summed E-state index contributed by atoms with van der Waals surface area (Å²) in [5, 5.41) is 0. The van der Waals surface area contributed by atoms with Gasteiger partial charge in [-0.3, -0.25) is 0 Å². The zero-order chi connectivity index (χ0) is 24.9. The maximum absolute atomic E-state index is 3.47. The van der Waals surface area contributed by atoms with Gasteiger partial charge in [0.05, 0.1) is 0 Å². The Morgan fingerprint density at radius 1 is 0.694 bits per heavy atom. The van der Waals surface area contributed by atoms with Crippen molar-refractivity contribution < 1.29 is 15.4 Å². The van der Waals surface area contributed by atoms with Crippen molar-refractivity contribution in [3.05, 3.63) is 101 Å². The van der Waals surface area contributed by atoms with E-state index in [-0.39, 0.29) is 24.8 Å². The van der Waals surface area contributed by atoms with E-state index in [1.807, 2.05) is 6.66 Å². The van der Waals surface area contributed by atoms with Crippen LogP contribution in [0.5, 0.6) is 0 Å². The first kappa shape index (κ1) is 31.6. The van der Waals surface area contributed by atoms with Crippen molar-refractivity contribution in [2.75, 3.05) is 0 Å². The Bertz CT molecular complexity index is 1250. The van der Waals surface area contributed by atoms with Crippen molar-refractivity contribution in [1.29, 1.82) is 0 Å². The van der Waals surface area contributed by atoms with Gasteiger partial charge in [-0.15, -0.1) is 24.8 Å². The largest absolute Gasteiger partial charge is 0.147 e. The minimum Gasteiger partial charge on any atom is -0.147 e. The van der Waals surface area contributed by atoms with Crippen molar-refractivity contribution in [2.24, 2.45) is 11.8 Å². The summed E-state index contributed by atoms with van der Waals surface area (Å²) in [5.41, 5.74) is 11.8. The van der Waals surface area contributed by atoms with Crippen molar-refractivity contribution in [3.63, 3.8) is 0 Å². The Hall–Kier alpha value is -0.607. The smallest absolute Gasteiger partial charge is 0.147 e. The van der Waals surface area contributed by atoms with Crippen LogP contribution in [-0.2, 0) is 28.2 Å². The van der Waals surface area contributed by atoms with Crippen molar-refractivity contribution in [3.8, 4) is 0 Å². The summed E-state index contributed by atoms with van der Waals surface area (Å²) < 4.78 is 9.18. The third-order valence-corrected chi connectivity index (χ3v) is 39.8. The Balaban J connectivity index is 0.00000228. The van der Waals surface area contributed by atoms with Gasteiger partial charge in [0.1, 0.15) is 0 Å². The fraction of sp³-hybridized carbons (Fsp3) is 0.375. The number of hydrogen-bond donors (Lipinski definition) is 0. The first-order chi connectivity index (χ1) is 16.0. The number of halogens is 2. The number of benzene rings is 2. The SMILES string of the molecule is CCc1cccc(C2=CC(C)[C]([Hf]([CH3])([CH3])(=[GeH2])[C]3=C(C)C(c4cccc(CC)c4)=CC3C)=C2C)c1.Cl.Cl. The molecule has 0 amide bonds. The van der Waals surface area contributed by atoms with E-state index in [4.69, 9.17) is 0 Å². The van der Waals surface area contributed by atoms with Crippen LogP contribution in [0.25, 0.3) is 11.1 Å². The molecule has 0 saturated heterocycles. The van der Waals surface area contributed by atoms with Crippen LogP contribution < -0.4 is 0 Å². The van der Waals surface area contributed by atoms with E-state index in [1.54, 1.807) is 11.1 Å². The van der Waals surface area contributed by atoms with Crippen LogP contribution in [0.3, 0.4) is 0 Å². The molecule has 0 N–H and O–H groups in total. The van der Waals surface area contributed by atoms with E-state index in [0.717, 1.165) is 12.8 Å². The van der Waals surface area contributed by atoms with Crippen LogP contribution >= 0.6 is 24.8 Å². The third kappa shape index (κ3) is 5.56. The Morgan fingerprint density at radius 2 is 1.06 bits per heavy atom. The van der Waals surface area contributed by atoms with Gasteiger partial charge >= 0.3 is 215 Å². The van der Waals surface area contributed by atoms with E-state index >= 15 is 0 Å². The molecule has 0 aromatic heterocycles. The Kier molecular flexibility index (Phi) is 10.2. The molecule has 4 rings (SSSR count). The maximum Gasteiger partial charge on any atom is -0.147 e. The standard InChI is InChI=1S/2C15H17.2CH3.2ClH.GeH2.Hf/c2*1-4-13-6-5-7-14(10-13)15-9-11(2)8-12(15)3;;;;;;/h2*5-7,9-11H,4H2,1-3H3;2*1H3;2*1H;1H2;.